The Morgan fingerprint density at radius 2 is 1.68 bits per heavy atom. The Morgan fingerprint density at radius 3 is 2.43 bits per heavy atom. The van der Waals surface area contributed by atoms with E-state index < -0.39 is 0 Å². The van der Waals surface area contributed by atoms with Crippen LogP contribution < -0.4 is 0 Å². The second kappa shape index (κ2) is 9.45. The second-order valence-corrected chi connectivity index (χ2v) is 15.6. The molecule has 4 aliphatic rings. The molecule has 1 nitrogen and oxygen atoms in total. The lowest BCUT2D eigenvalue weighted by atomic mass is 9.44. The van der Waals surface area contributed by atoms with Gasteiger partial charge in [-0.05, 0) is 133 Å². The third-order valence-electron chi connectivity index (χ3n) is 13.0. The van der Waals surface area contributed by atoms with E-state index in [0.29, 0.717) is 16.7 Å². The molecule has 3 fully saturated rings. The van der Waals surface area contributed by atoms with E-state index in [-0.39, 0.29) is 0 Å². The minimum atomic E-state index is 0.487. The molecule has 0 aliphatic heterocycles. The first-order valence-electron chi connectivity index (χ1n) is 16.2. The maximum absolute atomic E-state index is 3.89. The van der Waals surface area contributed by atoms with Gasteiger partial charge in [-0.3, -0.25) is 0 Å². The molecule has 0 amide bonds. The highest BCUT2D eigenvalue weighted by molar-refractivity contribution is 5.86. The van der Waals surface area contributed by atoms with Crippen LogP contribution in [0, 0.1) is 52.3 Å². The largest absolute Gasteiger partial charge is 0.358 e. The fourth-order valence-corrected chi connectivity index (χ4v) is 10.9. The molecule has 4 aliphatic carbocycles. The van der Waals surface area contributed by atoms with E-state index in [1.807, 2.05) is 0 Å². The molecule has 0 saturated heterocycles. The lowest BCUT2D eigenvalue weighted by Gasteiger charge is -2.60. The molecule has 0 spiro atoms. The van der Waals surface area contributed by atoms with E-state index in [4.69, 9.17) is 0 Å². The Bertz CT molecular complexity index is 1120. The topological polar surface area (TPSA) is 15.8 Å². The van der Waals surface area contributed by atoms with E-state index in [9.17, 15) is 0 Å². The number of benzene rings is 1. The Balaban J connectivity index is 1.25. The van der Waals surface area contributed by atoms with Gasteiger partial charge < -0.3 is 4.98 Å². The van der Waals surface area contributed by atoms with Crippen molar-refractivity contribution < 1.29 is 0 Å². The predicted octanol–water partition coefficient (Wildman–Crippen LogP) is 10.3. The number of hydrogen-bond donors (Lipinski definition) is 1. The summed E-state index contributed by atoms with van der Waals surface area (Å²) in [4.78, 5) is 3.89. The van der Waals surface area contributed by atoms with Crippen molar-refractivity contribution >= 4 is 10.9 Å². The van der Waals surface area contributed by atoms with Gasteiger partial charge in [0.2, 0.25) is 0 Å². The quantitative estimate of drug-likeness (QED) is 0.405. The maximum Gasteiger partial charge on any atom is 0.0459 e. The van der Waals surface area contributed by atoms with Crippen LogP contribution in [0.3, 0.4) is 0 Å². The molecule has 1 aromatic heterocycles. The zero-order valence-electron chi connectivity index (χ0n) is 25.1. The summed E-state index contributed by atoms with van der Waals surface area (Å²) < 4.78 is 0. The Labute approximate surface area is 228 Å². The Hall–Kier alpha value is -1.24. The van der Waals surface area contributed by atoms with Crippen molar-refractivity contribution in [2.75, 3.05) is 0 Å². The van der Waals surface area contributed by atoms with Crippen molar-refractivity contribution in [3.05, 3.63) is 35.0 Å². The highest BCUT2D eigenvalue weighted by Gasteiger charge is 2.60. The van der Waals surface area contributed by atoms with Crippen LogP contribution in [-0.2, 0) is 12.8 Å². The van der Waals surface area contributed by atoms with Crippen LogP contribution in [-0.4, -0.2) is 4.98 Å². The van der Waals surface area contributed by atoms with Crippen LogP contribution >= 0.6 is 0 Å². The summed E-state index contributed by atoms with van der Waals surface area (Å²) in [5, 5.41) is 1.54. The summed E-state index contributed by atoms with van der Waals surface area (Å²) in [6, 6.07) is 7.24. The molecule has 0 radical (unpaired) electrons. The van der Waals surface area contributed by atoms with Crippen molar-refractivity contribution in [3.63, 3.8) is 0 Å². The standard InChI is InChI=1S/C36H55N/c1-22(2)9-8-10-24(5)30-14-15-31-27-13-12-26-20-34-29(21-36(26,7)32(27)17-18-35(30,31)6)28-19-25(23(3)4)11-16-33(28)37-34/h11,16,19,22-24,26-27,30-32,37H,8-10,12-15,17-18,20-21H2,1-7H3/t24-,26+,27-,30-,31+,32+,35-,36+/m1/s1. The second-order valence-electron chi connectivity index (χ2n) is 15.6. The van der Waals surface area contributed by atoms with Crippen molar-refractivity contribution in [1.29, 1.82) is 0 Å². The molecule has 2 aromatic rings. The number of H-pyrrole nitrogens is 1. The van der Waals surface area contributed by atoms with Crippen molar-refractivity contribution in [3.8, 4) is 0 Å². The minimum absolute atomic E-state index is 0.487. The minimum Gasteiger partial charge on any atom is -0.358 e. The van der Waals surface area contributed by atoms with Crippen LogP contribution in [0.5, 0.6) is 0 Å². The molecule has 1 heteroatoms. The summed E-state index contributed by atoms with van der Waals surface area (Å²) in [5.74, 6) is 7.11. The first-order chi connectivity index (χ1) is 17.6. The normalized spacial score (nSPS) is 37.9. The van der Waals surface area contributed by atoms with E-state index in [2.05, 4.69) is 71.6 Å². The zero-order valence-corrected chi connectivity index (χ0v) is 25.1. The highest BCUT2D eigenvalue weighted by Crippen LogP contribution is 2.68. The summed E-state index contributed by atoms with van der Waals surface area (Å²) in [6.45, 7) is 17.6. The van der Waals surface area contributed by atoms with Gasteiger partial charge in [0.1, 0.15) is 0 Å². The zero-order chi connectivity index (χ0) is 26.1. The fourth-order valence-electron chi connectivity index (χ4n) is 10.9. The van der Waals surface area contributed by atoms with Gasteiger partial charge in [-0.15, -0.1) is 0 Å². The summed E-state index contributed by atoms with van der Waals surface area (Å²) in [5.41, 5.74) is 7.24. The third-order valence-corrected chi connectivity index (χ3v) is 13.0. The monoisotopic (exact) mass is 501 g/mol. The van der Waals surface area contributed by atoms with Crippen LogP contribution in [0.25, 0.3) is 10.9 Å². The van der Waals surface area contributed by atoms with E-state index >= 15 is 0 Å². The molecule has 0 unspecified atom stereocenters. The number of fused-ring (bicyclic) bond motifs is 8. The number of rotatable bonds is 6. The van der Waals surface area contributed by atoms with Crippen LogP contribution in [0.1, 0.15) is 129 Å². The van der Waals surface area contributed by atoms with Crippen LogP contribution in [0.4, 0.5) is 0 Å². The van der Waals surface area contributed by atoms with Gasteiger partial charge in [0.05, 0.1) is 0 Å². The molecule has 8 atom stereocenters. The first-order valence-corrected chi connectivity index (χ1v) is 16.2. The number of aromatic amines is 1. The average Bonchev–Trinajstić information content (AvgIpc) is 3.38. The van der Waals surface area contributed by atoms with Gasteiger partial charge in [0.25, 0.3) is 0 Å². The van der Waals surface area contributed by atoms with E-state index in [1.54, 1.807) is 16.6 Å². The lowest BCUT2D eigenvalue weighted by Crippen LogP contribution is -2.54. The summed E-state index contributed by atoms with van der Waals surface area (Å²) >= 11 is 0. The first kappa shape index (κ1) is 26.0. The predicted molar refractivity (Wildman–Crippen MR) is 159 cm³/mol. The van der Waals surface area contributed by atoms with Gasteiger partial charge in [-0.1, -0.05) is 73.8 Å². The molecule has 1 N–H and O–H groups in total. The van der Waals surface area contributed by atoms with Gasteiger partial charge in [0, 0.05) is 16.6 Å². The lowest BCUT2D eigenvalue weighted by molar-refractivity contribution is -0.103. The van der Waals surface area contributed by atoms with Crippen LogP contribution in [0.2, 0.25) is 0 Å². The Kier molecular flexibility index (Phi) is 6.64. The van der Waals surface area contributed by atoms with Crippen molar-refractivity contribution in [2.24, 2.45) is 52.3 Å². The van der Waals surface area contributed by atoms with E-state index in [0.717, 1.165) is 41.4 Å². The summed E-state index contributed by atoms with van der Waals surface area (Å²) in [7, 11) is 0. The van der Waals surface area contributed by atoms with Crippen molar-refractivity contribution in [2.45, 2.75) is 125 Å². The third kappa shape index (κ3) is 4.15. The average molecular weight is 502 g/mol. The summed E-state index contributed by atoms with van der Waals surface area (Å²) in [6.07, 6.45) is 15.9. The molecule has 1 aromatic carbocycles. The molecule has 3 saturated carbocycles. The molecule has 0 bridgehead atoms. The van der Waals surface area contributed by atoms with Crippen LogP contribution in [0.15, 0.2) is 18.2 Å². The SMILES string of the molecule is CC(C)CCC[C@@H](C)[C@H]1CC[C@H]2[C@H]3CC[C@H]4Cc5[nH]c6ccc(C(C)C)cc6c5C[C@]4(C)[C@H]3CC[C@]12C. The highest BCUT2D eigenvalue weighted by atomic mass is 14.8. The van der Waals surface area contributed by atoms with E-state index in [1.165, 1.54) is 81.7 Å². The Morgan fingerprint density at radius 1 is 0.892 bits per heavy atom. The molecule has 204 valence electrons. The molecular formula is C36H55N. The maximum atomic E-state index is 3.89. The number of hydrogen-bond acceptors (Lipinski definition) is 0. The molecule has 37 heavy (non-hydrogen) atoms. The van der Waals surface area contributed by atoms with Crippen molar-refractivity contribution in [1.82, 2.24) is 4.98 Å². The fraction of sp³-hybridized carbons (Fsp3) is 0.778. The molecular weight excluding hydrogens is 446 g/mol. The number of nitrogens with one attached hydrogen (secondary N) is 1. The number of aromatic nitrogens is 1. The molecule has 6 rings (SSSR count). The van der Waals surface area contributed by atoms with Gasteiger partial charge in [0.15, 0.2) is 0 Å². The van der Waals surface area contributed by atoms with Gasteiger partial charge in [-0.25, -0.2) is 0 Å². The van der Waals surface area contributed by atoms with Gasteiger partial charge in [-0.2, -0.15) is 0 Å². The molecule has 1 heterocycles. The smallest absolute Gasteiger partial charge is 0.0459 e. The van der Waals surface area contributed by atoms with Gasteiger partial charge >= 0.3 is 0 Å².